The van der Waals surface area contributed by atoms with E-state index < -0.39 is 4.92 Å². The fourth-order valence-corrected chi connectivity index (χ4v) is 1.24. The van der Waals surface area contributed by atoms with E-state index in [-0.39, 0.29) is 5.88 Å². The van der Waals surface area contributed by atoms with Crippen LogP contribution in [0.3, 0.4) is 0 Å². The number of hydrogen-bond donors (Lipinski definition) is 1. The molecule has 1 aliphatic heterocycles. The van der Waals surface area contributed by atoms with Crippen LogP contribution in [0.2, 0.25) is 0 Å². The molecule has 1 aromatic rings. The monoisotopic (exact) mass is 210 g/mol. The third kappa shape index (κ3) is 2.32. The molecule has 7 nitrogen and oxygen atoms in total. The average molecular weight is 210 g/mol. The van der Waals surface area contributed by atoms with E-state index >= 15 is 0 Å². The van der Waals surface area contributed by atoms with Gasteiger partial charge in [0, 0.05) is 6.54 Å². The third-order valence-electron chi connectivity index (χ3n) is 1.98. The Balaban J connectivity index is 2.00. The molecule has 2 heterocycles. The second kappa shape index (κ2) is 4.09. The topological polar surface area (TPSA) is 83.9 Å². The number of nitrogens with one attached hydrogen (secondary N) is 1. The van der Waals surface area contributed by atoms with Crippen molar-refractivity contribution in [2.75, 3.05) is 19.8 Å². The zero-order valence-electron chi connectivity index (χ0n) is 7.92. The predicted octanol–water partition coefficient (Wildman–Crippen LogP) is 0.384. The van der Waals surface area contributed by atoms with E-state index in [1.807, 2.05) is 5.01 Å². The van der Waals surface area contributed by atoms with Crippen molar-refractivity contribution >= 4 is 12.1 Å². The maximum absolute atomic E-state index is 10.3. The van der Waals surface area contributed by atoms with Gasteiger partial charge in [-0.25, -0.2) is 0 Å². The van der Waals surface area contributed by atoms with Crippen molar-refractivity contribution < 1.29 is 9.34 Å². The molecule has 0 bridgehead atoms. The Hall–Kier alpha value is -1.89. The molecule has 1 aromatic heterocycles. The fourth-order valence-electron chi connectivity index (χ4n) is 1.24. The summed E-state index contributed by atoms with van der Waals surface area (Å²) >= 11 is 0. The van der Waals surface area contributed by atoms with Gasteiger partial charge in [-0.05, 0) is 6.07 Å². The molecule has 1 fully saturated rings. The summed E-state index contributed by atoms with van der Waals surface area (Å²) in [4.78, 5) is 9.75. The first-order chi connectivity index (χ1) is 7.25. The molecule has 1 saturated heterocycles. The molecule has 0 aromatic carbocycles. The number of nitro groups is 1. The average Bonchev–Trinajstić information content (AvgIpc) is 2.86. The normalized spacial score (nSPS) is 16.4. The standard InChI is InChI=1S/C8H10N4O3/c13-12(14)8-2-1-7(15-8)5-10-11-4-3-9-6-11/h1-2,5,9H,3-4,6H2. The van der Waals surface area contributed by atoms with Gasteiger partial charge in [-0.15, -0.1) is 0 Å². The Morgan fingerprint density at radius 1 is 1.67 bits per heavy atom. The number of hydrazone groups is 1. The number of furan rings is 1. The summed E-state index contributed by atoms with van der Waals surface area (Å²) in [6.07, 6.45) is 1.47. The lowest BCUT2D eigenvalue weighted by Gasteiger charge is -2.06. The Morgan fingerprint density at radius 3 is 3.13 bits per heavy atom. The summed E-state index contributed by atoms with van der Waals surface area (Å²) in [6, 6.07) is 2.83. The van der Waals surface area contributed by atoms with Gasteiger partial charge >= 0.3 is 5.88 Å². The van der Waals surface area contributed by atoms with Crippen LogP contribution in [0, 0.1) is 10.1 Å². The van der Waals surface area contributed by atoms with Gasteiger partial charge in [0.2, 0.25) is 0 Å². The van der Waals surface area contributed by atoms with Crippen molar-refractivity contribution in [1.82, 2.24) is 10.3 Å². The van der Waals surface area contributed by atoms with Gasteiger partial charge in [0.15, 0.2) is 5.76 Å². The molecule has 80 valence electrons. The smallest absolute Gasteiger partial charge is 0.400 e. The minimum atomic E-state index is -0.575. The van der Waals surface area contributed by atoms with E-state index in [0.717, 1.165) is 13.1 Å². The summed E-state index contributed by atoms with van der Waals surface area (Å²) in [7, 11) is 0. The summed E-state index contributed by atoms with van der Waals surface area (Å²) in [5.74, 6) is 0.115. The van der Waals surface area contributed by atoms with Crippen LogP contribution >= 0.6 is 0 Å². The maximum Gasteiger partial charge on any atom is 0.433 e. The van der Waals surface area contributed by atoms with E-state index in [4.69, 9.17) is 4.42 Å². The highest BCUT2D eigenvalue weighted by Gasteiger charge is 2.11. The summed E-state index contributed by atoms with van der Waals surface area (Å²) in [5.41, 5.74) is 0. The predicted molar refractivity (Wildman–Crippen MR) is 52.5 cm³/mol. The van der Waals surface area contributed by atoms with Crippen molar-refractivity contribution in [2.45, 2.75) is 0 Å². The fraction of sp³-hybridized carbons (Fsp3) is 0.375. The summed E-state index contributed by atoms with van der Waals surface area (Å²) in [5, 5.41) is 19.3. The van der Waals surface area contributed by atoms with Crippen LogP contribution in [0.5, 0.6) is 0 Å². The van der Waals surface area contributed by atoms with E-state index in [1.54, 1.807) is 0 Å². The first-order valence-corrected chi connectivity index (χ1v) is 4.49. The van der Waals surface area contributed by atoms with E-state index in [2.05, 4.69) is 10.4 Å². The molecule has 15 heavy (non-hydrogen) atoms. The number of rotatable bonds is 3. The highest BCUT2D eigenvalue weighted by Crippen LogP contribution is 2.13. The molecule has 1 aliphatic rings. The first kappa shape index (κ1) is 9.66. The Morgan fingerprint density at radius 2 is 2.53 bits per heavy atom. The van der Waals surface area contributed by atoms with Crippen LogP contribution in [-0.2, 0) is 0 Å². The molecule has 0 amide bonds. The minimum absolute atomic E-state index is 0.268. The summed E-state index contributed by atoms with van der Waals surface area (Å²) in [6.45, 7) is 2.42. The Bertz CT molecular complexity index is 381. The Kier molecular flexibility index (Phi) is 2.64. The quantitative estimate of drug-likeness (QED) is 0.443. The van der Waals surface area contributed by atoms with Crippen molar-refractivity contribution in [2.24, 2.45) is 5.10 Å². The molecular formula is C8H10N4O3. The van der Waals surface area contributed by atoms with Gasteiger partial charge < -0.3 is 4.42 Å². The maximum atomic E-state index is 10.3. The third-order valence-corrected chi connectivity index (χ3v) is 1.98. The van der Waals surface area contributed by atoms with Gasteiger partial charge in [0.05, 0.1) is 25.5 Å². The zero-order valence-corrected chi connectivity index (χ0v) is 7.92. The molecule has 0 saturated carbocycles. The largest absolute Gasteiger partial charge is 0.433 e. The van der Waals surface area contributed by atoms with Crippen molar-refractivity contribution in [3.63, 3.8) is 0 Å². The lowest BCUT2D eigenvalue weighted by Crippen LogP contribution is -2.15. The number of hydrogen-bond acceptors (Lipinski definition) is 6. The highest BCUT2D eigenvalue weighted by molar-refractivity contribution is 5.75. The van der Waals surface area contributed by atoms with Crippen molar-refractivity contribution in [1.29, 1.82) is 0 Å². The lowest BCUT2D eigenvalue weighted by atomic mass is 10.5. The summed E-state index contributed by atoms with van der Waals surface area (Å²) < 4.78 is 4.91. The molecule has 7 heteroatoms. The van der Waals surface area contributed by atoms with Crippen LogP contribution in [0.1, 0.15) is 5.76 Å². The van der Waals surface area contributed by atoms with E-state index in [9.17, 15) is 10.1 Å². The van der Waals surface area contributed by atoms with Gasteiger partial charge in [0.1, 0.15) is 4.92 Å². The van der Waals surface area contributed by atoms with Gasteiger partial charge in [-0.1, -0.05) is 0 Å². The highest BCUT2D eigenvalue weighted by atomic mass is 16.6. The van der Waals surface area contributed by atoms with Crippen molar-refractivity contribution in [3.05, 3.63) is 28.0 Å². The minimum Gasteiger partial charge on any atom is -0.400 e. The molecule has 0 aliphatic carbocycles. The molecule has 2 rings (SSSR count). The molecule has 0 radical (unpaired) electrons. The van der Waals surface area contributed by atoms with Crippen molar-refractivity contribution in [3.8, 4) is 0 Å². The second-order valence-corrected chi connectivity index (χ2v) is 3.07. The van der Waals surface area contributed by atoms with Gasteiger partial charge in [-0.2, -0.15) is 5.10 Å². The molecular weight excluding hydrogens is 200 g/mol. The van der Waals surface area contributed by atoms with E-state index in [1.165, 1.54) is 18.3 Å². The van der Waals surface area contributed by atoms with E-state index in [0.29, 0.717) is 12.4 Å². The second-order valence-electron chi connectivity index (χ2n) is 3.07. The number of nitrogens with zero attached hydrogens (tertiary/aromatic N) is 3. The van der Waals surface area contributed by atoms with Crippen LogP contribution in [0.15, 0.2) is 21.7 Å². The van der Waals surface area contributed by atoms with Crippen LogP contribution in [0.25, 0.3) is 0 Å². The van der Waals surface area contributed by atoms with Crippen LogP contribution < -0.4 is 5.32 Å². The first-order valence-electron chi connectivity index (χ1n) is 4.49. The zero-order chi connectivity index (χ0) is 10.7. The molecule has 0 atom stereocenters. The van der Waals surface area contributed by atoms with Gasteiger partial charge in [-0.3, -0.25) is 20.4 Å². The molecule has 0 unspecified atom stereocenters. The Labute approximate surface area is 85.5 Å². The molecule has 0 spiro atoms. The molecule has 1 N–H and O–H groups in total. The van der Waals surface area contributed by atoms with Gasteiger partial charge in [0.25, 0.3) is 0 Å². The van der Waals surface area contributed by atoms with Crippen LogP contribution in [-0.4, -0.2) is 35.9 Å². The lowest BCUT2D eigenvalue weighted by molar-refractivity contribution is -0.402. The van der Waals surface area contributed by atoms with Crippen LogP contribution in [0.4, 0.5) is 5.88 Å². The SMILES string of the molecule is O=[N+]([O-])c1ccc(C=NN2CCNC2)o1.